The number of nitrogens with one attached hydrogen (secondary N) is 1. The van der Waals surface area contributed by atoms with Gasteiger partial charge in [-0.2, -0.15) is 0 Å². The van der Waals surface area contributed by atoms with Crippen LogP contribution in [0.25, 0.3) is 0 Å². The summed E-state index contributed by atoms with van der Waals surface area (Å²) in [5, 5.41) is 3.49. The molecule has 2 heteroatoms. The van der Waals surface area contributed by atoms with E-state index in [0.29, 0.717) is 12.1 Å². The van der Waals surface area contributed by atoms with Crippen LogP contribution in [0, 0.1) is 0 Å². The Kier molecular flexibility index (Phi) is 12.3. The van der Waals surface area contributed by atoms with Gasteiger partial charge in [-0.05, 0) is 39.7 Å². The van der Waals surface area contributed by atoms with E-state index in [1.54, 1.807) is 0 Å². The van der Waals surface area contributed by atoms with E-state index >= 15 is 0 Å². The second-order valence-corrected chi connectivity index (χ2v) is 5.17. The molecule has 0 fully saturated rings. The fourth-order valence-electron chi connectivity index (χ4n) is 1.88. The van der Waals surface area contributed by atoms with E-state index in [0.717, 1.165) is 19.6 Å². The van der Waals surface area contributed by atoms with Gasteiger partial charge in [-0.15, -0.1) is 0 Å². The Bertz CT molecular complexity index is 150. The van der Waals surface area contributed by atoms with Crippen LogP contribution >= 0.6 is 0 Å². The summed E-state index contributed by atoms with van der Waals surface area (Å²) in [6.45, 7) is 10.9. The summed E-state index contributed by atoms with van der Waals surface area (Å²) in [5.74, 6) is 0. The van der Waals surface area contributed by atoms with Gasteiger partial charge in [0.2, 0.25) is 0 Å². The van der Waals surface area contributed by atoms with E-state index in [4.69, 9.17) is 4.74 Å². The minimum atomic E-state index is 0.435. The SMILES string of the molecule is CCCCCCC(C)OCCC(C)NCCC. The van der Waals surface area contributed by atoms with Crippen molar-refractivity contribution in [2.45, 2.75) is 84.8 Å². The molecule has 0 amide bonds. The molecule has 0 bridgehead atoms. The average molecular weight is 243 g/mol. The summed E-state index contributed by atoms with van der Waals surface area (Å²) < 4.78 is 5.83. The van der Waals surface area contributed by atoms with Crippen molar-refractivity contribution in [2.24, 2.45) is 0 Å². The molecule has 17 heavy (non-hydrogen) atoms. The largest absolute Gasteiger partial charge is 0.378 e. The lowest BCUT2D eigenvalue weighted by molar-refractivity contribution is 0.0531. The molecule has 0 radical (unpaired) electrons. The van der Waals surface area contributed by atoms with E-state index < -0.39 is 0 Å². The van der Waals surface area contributed by atoms with Gasteiger partial charge in [-0.3, -0.25) is 0 Å². The van der Waals surface area contributed by atoms with Crippen molar-refractivity contribution < 1.29 is 4.74 Å². The Morgan fingerprint density at radius 1 is 0.941 bits per heavy atom. The zero-order chi connectivity index (χ0) is 12.9. The van der Waals surface area contributed by atoms with Crippen LogP contribution < -0.4 is 5.32 Å². The van der Waals surface area contributed by atoms with Gasteiger partial charge in [0.1, 0.15) is 0 Å². The number of hydrogen-bond donors (Lipinski definition) is 1. The maximum atomic E-state index is 5.83. The van der Waals surface area contributed by atoms with Gasteiger partial charge in [-0.1, -0.05) is 39.5 Å². The predicted octanol–water partition coefficient (Wildman–Crippen LogP) is 4.14. The molecule has 2 nitrogen and oxygen atoms in total. The van der Waals surface area contributed by atoms with Crippen molar-refractivity contribution in [3.63, 3.8) is 0 Å². The van der Waals surface area contributed by atoms with Gasteiger partial charge >= 0.3 is 0 Å². The van der Waals surface area contributed by atoms with Crippen LogP contribution in [0.4, 0.5) is 0 Å². The van der Waals surface area contributed by atoms with Crippen LogP contribution in [-0.2, 0) is 4.74 Å². The van der Waals surface area contributed by atoms with E-state index in [1.165, 1.54) is 38.5 Å². The second kappa shape index (κ2) is 12.4. The third-order valence-electron chi connectivity index (χ3n) is 3.16. The van der Waals surface area contributed by atoms with Gasteiger partial charge in [0, 0.05) is 12.6 Å². The van der Waals surface area contributed by atoms with E-state index in [9.17, 15) is 0 Å². The Balaban J connectivity index is 3.28. The first kappa shape index (κ1) is 16.9. The van der Waals surface area contributed by atoms with Crippen molar-refractivity contribution in [2.75, 3.05) is 13.2 Å². The highest BCUT2D eigenvalue weighted by atomic mass is 16.5. The summed E-state index contributed by atoms with van der Waals surface area (Å²) in [5.41, 5.74) is 0. The average Bonchev–Trinajstić information content (AvgIpc) is 2.32. The molecule has 0 saturated carbocycles. The second-order valence-electron chi connectivity index (χ2n) is 5.17. The van der Waals surface area contributed by atoms with Crippen molar-refractivity contribution in [3.8, 4) is 0 Å². The highest BCUT2D eigenvalue weighted by molar-refractivity contribution is 4.60. The molecule has 0 heterocycles. The molecular weight excluding hydrogens is 210 g/mol. The Labute approximate surface area is 109 Å². The molecule has 0 aliphatic carbocycles. The zero-order valence-corrected chi connectivity index (χ0v) is 12.4. The molecule has 104 valence electrons. The lowest BCUT2D eigenvalue weighted by atomic mass is 10.1. The molecule has 0 saturated heterocycles. The molecule has 0 aliphatic heterocycles. The number of hydrogen-bond acceptors (Lipinski definition) is 2. The lowest BCUT2D eigenvalue weighted by Crippen LogP contribution is -2.28. The fraction of sp³-hybridized carbons (Fsp3) is 1.00. The van der Waals surface area contributed by atoms with Crippen LogP contribution in [0.15, 0.2) is 0 Å². The highest BCUT2D eigenvalue weighted by Crippen LogP contribution is 2.08. The van der Waals surface area contributed by atoms with Gasteiger partial charge < -0.3 is 10.1 Å². The molecular formula is C15H33NO. The minimum Gasteiger partial charge on any atom is -0.378 e. The maximum Gasteiger partial charge on any atom is 0.0547 e. The van der Waals surface area contributed by atoms with Crippen LogP contribution in [-0.4, -0.2) is 25.3 Å². The highest BCUT2D eigenvalue weighted by Gasteiger charge is 2.04. The fourth-order valence-corrected chi connectivity index (χ4v) is 1.88. The third-order valence-corrected chi connectivity index (χ3v) is 3.16. The van der Waals surface area contributed by atoms with Crippen molar-refractivity contribution in [1.29, 1.82) is 0 Å². The minimum absolute atomic E-state index is 0.435. The Morgan fingerprint density at radius 2 is 1.71 bits per heavy atom. The van der Waals surface area contributed by atoms with Gasteiger partial charge in [0.25, 0.3) is 0 Å². The standard InChI is InChI=1S/C15H33NO/c1-5-7-8-9-10-15(4)17-13-11-14(3)16-12-6-2/h14-16H,5-13H2,1-4H3. The first-order valence-corrected chi connectivity index (χ1v) is 7.55. The summed E-state index contributed by atoms with van der Waals surface area (Å²) in [7, 11) is 0. The van der Waals surface area contributed by atoms with E-state index in [2.05, 4.69) is 33.0 Å². The molecule has 0 aromatic rings. The lowest BCUT2D eigenvalue weighted by Gasteiger charge is -2.16. The Morgan fingerprint density at radius 3 is 2.35 bits per heavy atom. The topological polar surface area (TPSA) is 21.3 Å². The molecule has 2 unspecified atom stereocenters. The van der Waals surface area contributed by atoms with Crippen LogP contribution in [0.2, 0.25) is 0 Å². The molecule has 0 spiro atoms. The number of unbranched alkanes of at least 4 members (excludes halogenated alkanes) is 3. The zero-order valence-electron chi connectivity index (χ0n) is 12.4. The monoisotopic (exact) mass is 243 g/mol. The number of rotatable bonds is 12. The van der Waals surface area contributed by atoms with Gasteiger partial charge in [0.15, 0.2) is 0 Å². The first-order chi connectivity index (χ1) is 8.20. The summed E-state index contributed by atoms with van der Waals surface area (Å²) in [6, 6.07) is 0.585. The molecule has 2 atom stereocenters. The predicted molar refractivity (Wildman–Crippen MR) is 76.5 cm³/mol. The van der Waals surface area contributed by atoms with E-state index in [-0.39, 0.29) is 0 Å². The molecule has 0 aliphatic rings. The molecule has 0 aromatic heterocycles. The third kappa shape index (κ3) is 12.2. The quantitative estimate of drug-likeness (QED) is 0.520. The Hall–Kier alpha value is -0.0800. The van der Waals surface area contributed by atoms with Crippen LogP contribution in [0.3, 0.4) is 0 Å². The van der Waals surface area contributed by atoms with Crippen molar-refractivity contribution in [1.82, 2.24) is 5.32 Å². The van der Waals surface area contributed by atoms with Crippen molar-refractivity contribution >= 4 is 0 Å². The maximum absolute atomic E-state index is 5.83. The van der Waals surface area contributed by atoms with Crippen molar-refractivity contribution in [3.05, 3.63) is 0 Å². The number of ether oxygens (including phenoxy) is 1. The van der Waals surface area contributed by atoms with Crippen LogP contribution in [0.5, 0.6) is 0 Å². The smallest absolute Gasteiger partial charge is 0.0547 e. The van der Waals surface area contributed by atoms with E-state index in [1.807, 2.05) is 0 Å². The summed E-state index contributed by atoms with van der Waals surface area (Å²) in [4.78, 5) is 0. The summed E-state index contributed by atoms with van der Waals surface area (Å²) in [6.07, 6.45) is 9.35. The molecule has 0 aromatic carbocycles. The molecule has 0 rings (SSSR count). The van der Waals surface area contributed by atoms with Gasteiger partial charge in [-0.25, -0.2) is 0 Å². The van der Waals surface area contributed by atoms with Crippen LogP contribution in [0.1, 0.15) is 72.6 Å². The summed E-state index contributed by atoms with van der Waals surface area (Å²) >= 11 is 0. The van der Waals surface area contributed by atoms with Gasteiger partial charge in [0.05, 0.1) is 6.10 Å². The normalized spacial score (nSPS) is 14.8. The molecule has 1 N–H and O–H groups in total. The first-order valence-electron chi connectivity index (χ1n) is 7.55.